The van der Waals surface area contributed by atoms with Gasteiger partial charge < -0.3 is 19.5 Å². The Bertz CT molecular complexity index is 987. The quantitative estimate of drug-likeness (QED) is 0.391. The van der Waals surface area contributed by atoms with E-state index in [2.05, 4.69) is 5.10 Å². The molecule has 2 amide bonds. The molecule has 2 N–H and O–H groups in total. The van der Waals surface area contributed by atoms with Crippen LogP contribution in [-0.4, -0.2) is 39.4 Å². The van der Waals surface area contributed by atoms with E-state index in [-0.39, 0.29) is 5.69 Å². The van der Waals surface area contributed by atoms with Gasteiger partial charge in [-0.3, -0.25) is 9.59 Å². The molecule has 31 heavy (non-hydrogen) atoms. The summed E-state index contributed by atoms with van der Waals surface area (Å²) in [5, 5.41) is 5.15. The van der Waals surface area contributed by atoms with Crippen LogP contribution in [0.4, 0.5) is 18.9 Å². The molecular weight excluding hydrogens is 443 g/mol. The second kappa shape index (κ2) is 10.0. The van der Waals surface area contributed by atoms with E-state index in [0.29, 0.717) is 28.9 Å². The summed E-state index contributed by atoms with van der Waals surface area (Å²) in [5.74, 6) is -1.39. The molecule has 0 heterocycles. The van der Waals surface area contributed by atoms with Crippen LogP contribution in [0.2, 0.25) is 5.02 Å². The maximum atomic E-state index is 12.9. The van der Waals surface area contributed by atoms with Gasteiger partial charge in [0.15, 0.2) is 11.5 Å². The first-order valence-electron chi connectivity index (χ1n) is 8.41. The number of carbonyl (C=O) groups is 2. The van der Waals surface area contributed by atoms with Crippen LogP contribution in [0.5, 0.6) is 17.2 Å². The first-order valence-corrected chi connectivity index (χ1v) is 8.79. The molecule has 0 radical (unpaired) electrons. The largest absolute Gasteiger partial charge is 0.493 e. The fourth-order valence-electron chi connectivity index (χ4n) is 2.40. The van der Waals surface area contributed by atoms with E-state index >= 15 is 0 Å². The fraction of sp³-hybridized carbons (Fsp3) is 0.211. The Balaban J connectivity index is 2.08. The monoisotopic (exact) mass is 459 g/mol. The zero-order chi connectivity index (χ0) is 23.2. The highest BCUT2D eigenvalue weighted by Crippen LogP contribution is 2.38. The molecule has 0 aliphatic heterocycles. The molecule has 0 atom stereocenters. The number of hydrazone groups is 1. The maximum Gasteiger partial charge on any atom is 0.417 e. The summed E-state index contributed by atoms with van der Waals surface area (Å²) in [5.41, 5.74) is 1.01. The number of amides is 2. The third-order valence-electron chi connectivity index (χ3n) is 3.80. The molecule has 166 valence electrons. The Morgan fingerprint density at radius 1 is 1.00 bits per heavy atom. The van der Waals surface area contributed by atoms with Crippen LogP contribution in [-0.2, 0) is 15.8 Å². The highest BCUT2D eigenvalue weighted by molar-refractivity contribution is 6.39. The van der Waals surface area contributed by atoms with Gasteiger partial charge in [0.05, 0.1) is 38.1 Å². The molecule has 0 aliphatic rings. The van der Waals surface area contributed by atoms with Crippen molar-refractivity contribution in [1.82, 2.24) is 5.43 Å². The van der Waals surface area contributed by atoms with Gasteiger partial charge in [-0.1, -0.05) is 11.6 Å². The third kappa shape index (κ3) is 6.01. The van der Waals surface area contributed by atoms with Crippen LogP contribution in [0.1, 0.15) is 11.1 Å². The van der Waals surface area contributed by atoms with Crippen molar-refractivity contribution < 1.29 is 37.0 Å². The number of rotatable bonds is 6. The van der Waals surface area contributed by atoms with Crippen molar-refractivity contribution >= 4 is 35.3 Å². The number of hydrogen-bond acceptors (Lipinski definition) is 6. The summed E-state index contributed by atoms with van der Waals surface area (Å²) in [4.78, 5) is 23.8. The molecule has 0 fully saturated rings. The van der Waals surface area contributed by atoms with Crippen LogP contribution >= 0.6 is 11.6 Å². The normalized spacial score (nSPS) is 11.2. The Morgan fingerprint density at radius 2 is 1.61 bits per heavy atom. The molecule has 2 aromatic rings. The molecule has 2 rings (SSSR count). The van der Waals surface area contributed by atoms with Crippen LogP contribution in [0.15, 0.2) is 35.4 Å². The Hall–Kier alpha value is -3.47. The average Bonchev–Trinajstić information content (AvgIpc) is 2.73. The van der Waals surface area contributed by atoms with E-state index in [9.17, 15) is 22.8 Å². The van der Waals surface area contributed by atoms with Crippen molar-refractivity contribution in [3.05, 3.63) is 46.5 Å². The van der Waals surface area contributed by atoms with E-state index in [1.165, 1.54) is 27.5 Å². The minimum absolute atomic E-state index is 0.259. The molecule has 2 aromatic carbocycles. The summed E-state index contributed by atoms with van der Waals surface area (Å²) in [7, 11) is 4.28. The van der Waals surface area contributed by atoms with Gasteiger partial charge in [-0.25, -0.2) is 5.43 Å². The smallest absolute Gasteiger partial charge is 0.417 e. The number of nitrogens with zero attached hydrogens (tertiary/aromatic N) is 1. The average molecular weight is 460 g/mol. The van der Waals surface area contributed by atoms with Crippen molar-refractivity contribution in [2.45, 2.75) is 6.18 Å². The molecule has 0 bridgehead atoms. The standard InChI is InChI=1S/C19H17ClF3N3O5/c1-29-14-6-10(7-15(30-2)16(14)31-3)9-24-26-18(28)17(27)25-11-4-5-13(20)12(8-11)19(21,22)23/h4-9H,1-3H3,(H,25,27)(H,26,28)/b24-9+. The van der Waals surface area contributed by atoms with Crippen molar-refractivity contribution in [2.24, 2.45) is 5.10 Å². The van der Waals surface area contributed by atoms with Crippen molar-refractivity contribution in [3.63, 3.8) is 0 Å². The summed E-state index contributed by atoms with van der Waals surface area (Å²) in [6, 6.07) is 5.79. The molecule has 0 aromatic heterocycles. The van der Waals surface area contributed by atoms with E-state index in [1.807, 2.05) is 10.7 Å². The number of ether oxygens (including phenoxy) is 3. The first kappa shape index (κ1) is 23.8. The van der Waals surface area contributed by atoms with Gasteiger partial charge in [0.1, 0.15) is 0 Å². The summed E-state index contributed by atoms with van der Waals surface area (Å²) in [6.45, 7) is 0. The van der Waals surface area contributed by atoms with Crippen molar-refractivity contribution in [1.29, 1.82) is 0 Å². The topological polar surface area (TPSA) is 98.2 Å². The van der Waals surface area contributed by atoms with Crippen LogP contribution < -0.4 is 25.0 Å². The van der Waals surface area contributed by atoms with E-state index in [0.717, 1.165) is 12.1 Å². The number of halogens is 4. The Morgan fingerprint density at radius 3 is 2.13 bits per heavy atom. The third-order valence-corrected chi connectivity index (χ3v) is 4.13. The number of carbonyl (C=O) groups excluding carboxylic acids is 2. The molecule has 0 aliphatic carbocycles. The molecule has 0 saturated heterocycles. The predicted octanol–water partition coefficient (Wildman–Crippen LogP) is 3.47. The Kier molecular flexibility index (Phi) is 7.70. The lowest BCUT2D eigenvalue weighted by Gasteiger charge is -2.12. The van der Waals surface area contributed by atoms with Crippen molar-refractivity contribution in [2.75, 3.05) is 26.6 Å². The van der Waals surface area contributed by atoms with Crippen LogP contribution in [0.25, 0.3) is 0 Å². The highest BCUT2D eigenvalue weighted by atomic mass is 35.5. The zero-order valence-electron chi connectivity index (χ0n) is 16.5. The second-order valence-corrected chi connectivity index (χ2v) is 6.21. The number of alkyl halides is 3. The van der Waals surface area contributed by atoms with E-state index < -0.39 is 28.6 Å². The highest BCUT2D eigenvalue weighted by Gasteiger charge is 2.33. The molecule has 12 heteroatoms. The second-order valence-electron chi connectivity index (χ2n) is 5.80. The molecule has 0 saturated carbocycles. The van der Waals surface area contributed by atoms with Crippen LogP contribution in [0, 0.1) is 0 Å². The minimum atomic E-state index is -4.72. The zero-order valence-corrected chi connectivity index (χ0v) is 17.2. The van der Waals surface area contributed by atoms with Crippen LogP contribution in [0.3, 0.4) is 0 Å². The SMILES string of the molecule is COc1cc(/C=N/NC(=O)C(=O)Nc2ccc(Cl)c(C(F)(F)F)c2)cc(OC)c1OC. The van der Waals surface area contributed by atoms with Gasteiger partial charge >= 0.3 is 18.0 Å². The minimum Gasteiger partial charge on any atom is -0.493 e. The van der Waals surface area contributed by atoms with Gasteiger partial charge in [-0.2, -0.15) is 18.3 Å². The number of nitrogens with one attached hydrogen (secondary N) is 2. The number of hydrogen-bond donors (Lipinski definition) is 2. The predicted molar refractivity (Wildman–Crippen MR) is 107 cm³/mol. The lowest BCUT2D eigenvalue weighted by atomic mass is 10.2. The lowest BCUT2D eigenvalue weighted by Crippen LogP contribution is -2.32. The summed E-state index contributed by atoms with van der Waals surface area (Å²) < 4.78 is 54.2. The van der Waals surface area contributed by atoms with Gasteiger partial charge in [0.25, 0.3) is 0 Å². The first-order chi connectivity index (χ1) is 14.6. The van der Waals surface area contributed by atoms with Gasteiger partial charge in [-0.05, 0) is 30.3 Å². The van der Waals surface area contributed by atoms with Gasteiger partial charge in [-0.15, -0.1) is 0 Å². The van der Waals surface area contributed by atoms with Crippen molar-refractivity contribution in [3.8, 4) is 17.2 Å². The summed E-state index contributed by atoms with van der Waals surface area (Å²) >= 11 is 5.51. The Labute approximate surface area is 179 Å². The number of anilines is 1. The molecule has 0 unspecified atom stereocenters. The maximum absolute atomic E-state index is 12.9. The fourth-order valence-corrected chi connectivity index (χ4v) is 2.62. The molecule has 0 spiro atoms. The molecule has 8 nitrogen and oxygen atoms in total. The van der Waals surface area contributed by atoms with E-state index in [1.54, 1.807) is 12.1 Å². The number of methoxy groups -OCH3 is 3. The molecular formula is C19H17ClF3N3O5. The van der Waals surface area contributed by atoms with E-state index in [4.69, 9.17) is 25.8 Å². The van der Waals surface area contributed by atoms with Gasteiger partial charge in [0.2, 0.25) is 5.75 Å². The lowest BCUT2D eigenvalue weighted by molar-refractivity contribution is -0.137. The summed E-state index contributed by atoms with van der Waals surface area (Å²) in [6.07, 6.45) is -3.51. The number of benzene rings is 2. The van der Waals surface area contributed by atoms with Gasteiger partial charge in [0, 0.05) is 11.3 Å².